The summed E-state index contributed by atoms with van der Waals surface area (Å²) in [6.07, 6.45) is 4.58. The predicted molar refractivity (Wildman–Crippen MR) is 66.4 cm³/mol. The summed E-state index contributed by atoms with van der Waals surface area (Å²) < 4.78 is 2.01. The topological polar surface area (TPSA) is 38.0 Å². The zero-order valence-electron chi connectivity index (χ0n) is 10.8. The van der Waals surface area contributed by atoms with Crippen molar-refractivity contribution in [1.29, 1.82) is 0 Å². The average molecular weight is 224 g/mol. The summed E-state index contributed by atoms with van der Waals surface area (Å²) in [5.74, 6) is 0.330. The van der Waals surface area contributed by atoms with E-state index >= 15 is 0 Å². The Morgan fingerprint density at radius 3 is 2.62 bits per heavy atom. The van der Waals surface area contributed by atoms with E-state index in [4.69, 9.17) is 0 Å². The Bertz CT molecular complexity index is 307. The van der Waals surface area contributed by atoms with Crippen LogP contribution in [0.1, 0.15) is 52.3 Å². The van der Waals surface area contributed by atoms with Crippen molar-refractivity contribution in [1.82, 2.24) is 9.78 Å². The Balaban J connectivity index is 2.46. The van der Waals surface area contributed by atoms with Crippen LogP contribution in [-0.2, 0) is 6.42 Å². The molecule has 0 aliphatic carbocycles. The molecule has 1 aromatic heterocycles. The van der Waals surface area contributed by atoms with E-state index in [2.05, 4.69) is 25.0 Å². The molecule has 1 heterocycles. The van der Waals surface area contributed by atoms with Crippen LogP contribution in [0, 0.1) is 5.92 Å². The van der Waals surface area contributed by atoms with E-state index < -0.39 is 0 Å². The van der Waals surface area contributed by atoms with Crippen LogP contribution in [0.3, 0.4) is 0 Å². The molecule has 0 spiro atoms. The van der Waals surface area contributed by atoms with Gasteiger partial charge in [-0.15, -0.1) is 0 Å². The van der Waals surface area contributed by atoms with Gasteiger partial charge >= 0.3 is 0 Å². The van der Waals surface area contributed by atoms with E-state index in [-0.39, 0.29) is 6.10 Å². The molecule has 0 aliphatic heterocycles. The maximum atomic E-state index is 9.72. The maximum absolute atomic E-state index is 9.72. The molecule has 2 atom stereocenters. The number of nitrogens with zero attached hydrogens (tertiary/aromatic N) is 2. The summed E-state index contributed by atoms with van der Waals surface area (Å²) in [6.45, 7) is 8.42. The van der Waals surface area contributed by atoms with Gasteiger partial charge in [0, 0.05) is 12.2 Å². The van der Waals surface area contributed by atoms with Crippen LogP contribution < -0.4 is 0 Å². The Labute approximate surface area is 98.5 Å². The van der Waals surface area contributed by atoms with Gasteiger partial charge in [-0.1, -0.05) is 20.8 Å². The third kappa shape index (κ3) is 3.63. The largest absolute Gasteiger partial charge is 0.393 e. The van der Waals surface area contributed by atoms with Gasteiger partial charge in [0.1, 0.15) is 0 Å². The number of rotatable bonds is 6. The molecule has 0 aromatic carbocycles. The van der Waals surface area contributed by atoms with Crippen molar-refractivity contribution >= 4 is 0 Å². The monoisotopic (exact) mass is 224 g/mol. The Morgan fingerprint density at radius 2 is 2.06 bits per heavy atom. The number of aromatic nitrogens is 2. The SMILES string of the molecule is CCC(C)n1ccc(CCC(O)C(C)C)n1. The zero-order chi connectivity index (χ0) is 12.1. The molecule has 0 saturated heterocycles. The molecule has 0 saturated carbocycles. The highest BCUT2D eigenvalue weighted by Crippen LogP contribution is 2.12. The van der Waals surface area contributed by atoms with Gasteiger partial charge < -0.3 is 5.11 Å². The van der Waals surface area contributed by atoms with E-state index in [1.165, 1.54) is 0 Å². The highest BCUT2D eigenvalue weighted by atomic mass is 16.3. The molecule has 0 radical (unpaired) electrons. The van der Waals surface area contributed by atoms with Gasteiger partial charge in [0.2, 0.25) is 0 Å². The molecule has 3 heteroatoms. The first kappa shape index (κ1) is 13.2. The van der Waals surface area contributed by atoms with Crippen molar-refractivity contribution < 1.29 is 5.11 Å². The molecule has 0 amide bonds. The molecule has 0 aliphatic rings. The summed E-state index contributed by atoms with van der Waals surface area (Å²) in [6, 6.07) is 2.52. The smallest absolute Gasteiger partial charge is 0.0625 e. The molecule has 1 rings (SSSR count). The van der Waals surface area contributed by atoms with Crippen molar-refractivity contribution in [3.8, 4) is 0 Å². The van der Waals surface area contributed by atoms with Crippen LogP contribution in [0.4, 0.5) is 0 Å². The summed E-state index contributed by atoms with van der Waals surface area (Å²) in [5.41, 5.74) is 1.08. The lowest BCUT2D eigenvalue weighted by Crippen LogP contribution is -2.15. The fraction of sp³-hybridized carbons (Fsp3) is 0.769. The number of aliphatic hydroxyl groups is 1. The zero-order valence-corrected chi connectivity index (χ0v) is 10.8. The molecular formula is C13H24N2O. The van der Waals surface area contributed by atoms with E-state index in [1.807, 2.05) is 24.7 Å². The minimum atomic E-state index is -0.214. The van der Waals surface area contributed by atoms with Gasteiger partial charge in [0.05, 0.1) is 11.8 Å². The van der Waals surface area contributed by atoms with Crippen molar-refractivity contribution in [2.75, 3.05) is 0 Å². The third-order valence-corrected chi connectivity index (χ3v) is 3.17. The van der Waals surface area contributed by atoms with Gasteiger partial charge in [0.15, 0.2) is 0 Å². The molecule has 2 unspecified atom stereocenters. The summed E-state index contributed by atoms with van der Waals surface area (Å²) in [7, 11) is 0. The van der Waals surface area contributed by atoms with Crippen LogP contribution in [0.25, 0.3) is 0 Å². The minimum absolute atomic E-state index is 0.214. The first-order chi connectivity index (χ1) is 7.54. The summed E-state index contributed by atoms with van der Waals surface area (Å²) >= 11 is 0. The van der Waals surface area contributed by atoms with Crippen molar-refractivity contribution in [2.24, 2.45) is 5.92 Å². The molecule has 3 nitrogen and oxygen atoms in total. The normalized spacial score (nSPS) is 15.4. The summed E-state index contributed by atoms with van der Waals surface area (Å²) in [5, 5.41) is 14.2. The van der Waals surface area contributed by atoms with Gasteiger partial charge in [-0.25, -0.2) is 0 Å². The van der Waals surface area contributed by atoms with Gasteiger partial charge in [-0.3, -0.25) is 4.68 Å². The molecule has 16 heavy (non-hydrogen) atoms. The molecule has 0 fully saturated rings. The van der Waals surface area contributed by atoms with Crippen LogP contribution in [0.15, 0.2) is 12.3 Å². The van der Waals surface area contributed by atoms with Gasteiger partial charge in [0.25, 0.3) is 0 Å². The quantitative estimate of drug-likeness (QED) is 0.807. The molecule has 1 aromatic rings. The van der Waals surface area contributed by atoms with Gasteiger partial charge in [-0.05, 0) is 38.2 Å². The number of hydrogen-bond acceptors (Lipinski definition) is 2. The highest BCUT2D eigenvalue weighted by molar-refractivity contribution is 5.00. The number of aliphatic hydroxyl groups excluding tert-OH is 1. The molecule has 92 valence electrons. The van der Waals surface area contributed by atoms with E-state index in [0.29, 0.717) is 12.0 Å². The molecule has 0 bridgehead atoms. The van der Waals surface area contributed by atoms with Crippen molar-refractivity contribution in [3.63, 3.8) is 0 Å². The Kier molecular flexibility index (Phi) is 5.00. The third-order valence-electron chi connectivity index (χ3n) is 3.17. The average Bonchev–Trinajstić information content (AvgIpc) is 2.73. The van der Waals surface area contributed by atoms with Crippen LogP contribution in [0.5, 0.6) is 0 Å². The van der Waals surface area contributed by atoms with E-state index in [0.717, 1.165) is 25.0 Å². The van der Waals surface area contributed by atoms with Crippen LogP contribution in [-0.4, -0.2) is 21.0 Å². The molecule has 1 N–H and O–H groups in total. The second kappa shape index (κ2) is 6.04. The lowest BCUT2D eigenvalue weighted by atomic mass is 10.0. The van der Waals surface area contributed by atoms with Crippen LogP contribution in [0.2, 0.25) is 0 Å². The molecular weight excluding hydrogens is 200 g/mol. The number of hydrogen-bond donors (Lipinski definition) is 1. The second-order valence-electron chi connectivity index (χ2n) is 4.89. The highest BCUT2D eigenvalue weighted by Gasteiger charge is 2.10. The first-order valence-corrected chi connectivity index (χ1v) is 6.26. The fourth-order valence-electron chi connectivity index (χ4n) is 1.57. The second-order valence-corrected chi connectivity index (χ2v) is 4.89. The number of aryl methyl sites for hydroxylation is 1. The Hall–Kier alpha value is -0.830. The standard InChI is InChI=1S/C13H24N2O/c1-5-11(4)15-9-8-12(14-15)6-7-13(16)10(2)3/h8-11,13,16H,5-7H2,1-4H3. The van der Waals surface area contributed by atoms with Gasteiger partial charge in [-0.2, -0.15) is 5.10 Å². The predicted octanol–water partition coefficient (Wildman–Crippen LogP) is 2.80. The lowest BCUT2D eigenvalue weighted by molar-refractivity contribution is 0.116. The fourth-order valence-corrected chi connectivity index (χ4v) is 1.57. The Morgan fingerprint density at radius 1 is 1.38 bits per heavy atom. The summed E-state index contributed by atoms with van der Waals surface area (Å²) in [4.78, 5) is 0. The lowest BCUT2D eigenvalue weighted by Gasteiger charge is -2.13. The van der Waals surface area contributed by atoms with E-state index in [1.54, 1.807) is 0 Å². The maximum Gasteiger partial charge on any atom is 0.0625 e. The minimum Gasteiger partial charge on any atom is -0.393 e. The van der Waals surface area contributed by atoms with E-state index in [9.17, 15) is 5.11 Å². The van der Waals surface area contributed by atoms with Crippen molar-refractivity contribution in [3.05, 3.63) is 18.0 Å². The van der Waals surface area contributed by atoms with Crippen LogP contribution >= 0.6 is 0 Å². The van der Waals surface area contributed by atoms with Crippen molar-refractivity contribution in [2.45, 2.75) is 59.1 Å². The first-order valence-electron chi connectivity index (χ1n) is 6.26.